The number of carboxylic acids is 1. The van der Waals surface area contributed by atoms with Crippen LogP contribution >= 0.6 is 0 Å². The maximum absolute atomic E-state index is 10.6. The minimum atomic E-state index is -0.730. The number of aliphatic carboxylic acids is 1. The summed E-state index contributed by atoms with van der Waals surface area (Å²) in [5.74, 6) is -1.01. The minimum absolute atomic E-state index is 0.283. The lowest BCUT2D eigenvalue weighted by molar-refractivity contribution is -0.141. The molecule has 1 aromatic rings. The van der Waals surface area contributed by atoms with Gasteiger partial charge in [-0.25, -0.2) is 0 Å². The van der Waals surface area contributed by atoms with Crippen LogP contribution in [0.1, 0.15) is 24.5 Å². The van der Waals surface area contributed by atoms with Crippen LogP contribution in [0.2, 0.25) is 0 Å². The van der Waals surface area contributed by atoms with E-state index in [1.54, 1.807) is 13.1 Å². The van der Waals surface area contributed by atoms with Crippen LogP contribution in [-0.4, -0.2) is 16.1 Å². The molecular weight excluding hydrogens is 178 g/mol. The Morgan fingerprint density at radius 3 is 2.93 bits per heavy atom. The average Bonchev–Trinajstić information content (AvgIpc) is 2.16. The molecule has 1 unspecified atom stereocenters. The summed E-state index contributed by atoms with van der Waals surface area (Å²) in [4.78, 5) is 14.6. The van der Waals surface area contributed by atoms with Crippen molar-refractivity contribution in [1.29, 1.82) is 0 Å². The van der Waals surface area contributed by atoms with Crippen LogP contribution in [-0.2, 0) is 11.2 Å². The first-order valence-electron chi connectivity index (χ1n) is 4.73. The molecule has 0 fully saturated rings. The fourth-order valence-electron chi connectivity index (χ4n) is 1.25. The van der Waals surface area contributed by atoms with Crippen LogP contribution < -0.4 is 0 Å². The van der Waals surface area contributed by atoms with Crippen LogP contribution in [0.15, 0.2) is 18.5 Å². The van der Waals surface area contributed by atoms with Crippen molar-refractivity contribution in [3.8, 4) is 0 Å². The van der Waals surface area contributed by atoms with E-state index in [0.717, 1.165) is 12.0 Å². The molecule has 0 aliphatic heterocycles. The zero-order valence-corrected chi connectivity index (χ0v) is 8.53. The third kappa shape index (κ3) is 2.83. The predicted octanol–water partition coefficient (Wildman–Crippen LogP) is 2.04. The zero-order valence-electron chi connectivity index (χ0n) is 8.53. The Balaban J connectivity index is 2.54. The van der Waals surface area contributed by atoms with Gasteiger partial charge in [0.05, 0.1) is 5.92 Å². The molecule has 1 aromatic heterocycles. The number of carbonyl (C=O) groups is 1. The van der Waals surface area contributed by atoms with Crippen LogP contribution in [0.25, 0.3) is 0 Å². The summed E-state index contributed by atoms with van der Waals surface area (Å²) < 4.78 is 0. The third-order valence-corrected chi connectivity index (χ3v) is 2.42. The molecule has 1 atom stereocenters. The number of aromatic nitrogens is 1. The van der Waals surface area contributed by atoms with Crippen molar-refractivity contribution in [3.63, 3.8) is 0 Å². The van der Waals surface area contributed by atoms with Crippen molar-refractivity contribution in [3.05, 3.63) is 29.6 Å². The molecule has 0 saturated carbocycles. The second-order valence-electron chi connectivity index (χ2n) is 3.58. The molecule has 3 heteroatoms. The van der Waals surface area contributed by atoms with Crippen molar-refractivity contribution in [2.45, 2.75) is 26.7 Å². The van der Waals surface area contributed by atoms with Gasteiger partial charge in [-0.1, -0.05) is 6.92 Å². The van der Waals surface area contributed by atoms with Crippen molar-refractivity contribution in [2.75, 3.05) is 0 Å². The topological polar surface area (TPSA) is 50.2 Å². The smallest absolute Gasteiger partial charge is 0.306 e. The Kier molecular flexibility index (Phi) is 3.63. The molecule has 1 heterocycles. The summed E-state index contributed by atoms with van der Waals surface area (Å²) in [6, 6.07) is 1.95. The van der Waals surface area contributed by atoms with Crippen molar-refractivity contribution in [2.24, 2.45) is 5.92 Å². The summed E-state index contributed by atoms with van der Waals surface area (Å²) >= 11 is 0. The molecule has 0 amide bonds. The molecule has 1 rings (SSSR count). The highest BCUT2D eigenvalue weighted by molar-refractivity contribution is 5.69. The SMILES string of the molecule is Cc1ccncc1CCC(C)C(=O)O. The first kappa shape index (κ1) is 10.7. The predicted molar refractivity (Wildman–Crippen MR) is 54.1 cm³/mol. The molecule has 14 heavy (non-hydrogen) atoms. The second kappa shape index (κ2) is 4.74. The van der Waals surface area contributed by atoms with Crippen LogP contribution in [0.4, 0.5) is 0 Å². The van der Waals surface area contributed by atoms with Gasteiger partial charge in [0.2, 0.25) is 0 Å². The lowest BCUT2D eigenvalue weighted by Gasteiger charge is -2.07. The molecule has 0 aromatic carbocycles. The third-order valence-electron chi connectivity index (χ3n) is 2.42. The molecule has 3 nitrogen and oxygen atoms in total. The van der Waals surface area contributed by atoms with Crippen molar-refractivity contribution >= 4 is 5.97 Å². The average molecular weight is 193 g/mol. The van der Waals surface area contributed by atoms with Gasteiger partial charge in [0, 0.05) is 12.4 Å². The van der Waals surface area contributed by atoms with Gasteiger partial charge >= 0.3 is 5.97 Å². The summed E-state index contributed by atoms with van der Waals surface area (Å²) in [5, 5.41) is 8.71. The fraction of sp³-hybridized carbons (Fsp3) is 0.455. The van der Waals surface area contributed by atoms with E-state index in [-0.39, 0.29) is 5.92 Å². The standard InChI is InChI=1S/C11H15NO2/c1-8-5-6-12-7-10(8)4-3-9(2)11(13)14/h5-7,9H,3-4H2,1-2H3,(H,13,14). The summed E-state index contributed by atoms with van der Waals surface area (Å²) in [6.07, 6.45) is 5.01. The van der Waals surface area contributed by atoms with E-state index in [9.17, 15) is 4.79 Å². The number of rotatable bonds is 4. The number of carboxylic acid groups (broad SMARTS) is 1. The molecule has 0 saturated heterocycles. The number of aryl methyl sites for hydroxylation is 2. The van der Waals surface area contributed by atoms with Gasteiger partial charge in [-0.15, -0.1) is 0 Å². The normalized spacial score (nSPS) is 12.4. The largest absolute Gasteiger partial charge is 0.481 e. The number of hydrogen-bond donors (Lipinski definition) is 1. The summed E-state index contributed by atoms with van der Waals surface area (Å²) in [6.45, 7) is 3.75. The van der Waals surface area contributed by atoms with Gasteiger partial charge in [-0.3, -0.25) is 9.78 Å². The first-order valence-corrected chi connectivity index (χ1v) is 4.73. The molecule has 0 spiro atoms. The quantitative estimate of drug-likeness (QED) is 0.796. The van der Waals surface area contributed by atoms with Gasteiger partial charge in [0.1, 0.15) is 0 Å². The molecule has 76 valence electrons. The van der Waals surface area contributed by atoms with E-state index in [2.05, 4.69) is 4.98 Å². The van der Waals surface area contributed by atoms with Crippen molar-refractivity contribution < 1.29 is 9.90 Å². The van der Waals surface area contributed by atoms with Gasteiger partial charge < -0.3 is 5.11 Å². The lowest BCUT2D eigenvalue weighted by atomic mass is 10.00. The Hall–Kier alpha value is -1.38. The van der Waals surface area contributed by atoms with Gasteiger partial charge in [0.15, 0.2) is 0 Å². The maximum Gasteiger partial charge on any atom is 0.306 e. The van der Waals surface area contributed by atoms with Gasteiger partial charge in [0.25, 0.3) is 0 Å². The molecular formula is C11H15NO2. The minimum Gasteiger partial charge on any atom is -0.481 e. The molecule has 0 bridgehead atoms. The fourth-order valence-corrected chi connectivity index (χ4v) is 1.25. The van der Waals surface area contributed by atoms with Crippen LogP contribution in [0, 0.1) is 12.8 Å². The molecule has 0 radical (unpaired) electrons. The molecule has 0 aliphatic rings. The maximum atomic E-state index is 10.6. The first-order chi connectivity index (χ1) is 6.61. The number of nitrogens with zero attached hydrogens (tertiary/aromatic N) is 1. The van der Waals surface area contributed by atoms with Crippen LogP contribution in [0.3, 0.4) is 0 Å². The van der Waals surface area contributed by atoms with Gasteiger partial charge in [-0.05, 0) is 37.0 Å². The summed E-state index contributed by atoms with van der Waals surface area (Å²) in [5.41, 5.74) is 2.32. The Bertz CT molecular complexity index is 323. The summed E-state index contributed by atoms with van der Waals surface area (Å²) in [7, 11) is 0. The van der Waals surface area contributed by atoms with E-state index >= 15 is 0 Å². The highest BCUT2D eigenvalue weighted by Gasteiger charge is 2.10. The molecule has 1 N–H and O–H groups in total. The van der Waals surface area contributed by atoms with E-state index < -0.39 is 5.97 Å². The van der Waals surface area contributed by atoms with Crippen molar-refractivity contribution in [1.82, 2.24) is 4.98 Å². The number of hydrogen-bond acceptors (Lipinski definition) is 2. The second-order valence-corrected chi connectivity index (χ2v) is 3.58. The highest BCUT2D eigenvalue weighted by atomic mass is 16.4. The van der Waals surface area contributed by atoms with Gasteiger partial charge in [-0.2, -0.15) is 0 Å². The van der Waals surface area contributed by atoms with E-state index in [1.165, 1.54) is 5.56 Å². The Morgan fingerprint density at radius 2 is 2.36 bits per heavy atom. The monoisotopic (exact) mass is 193 g/mol. The van der Waals surface area contributed by atoms with E-state index in [0.29, 0.717) is 6.42 Å². The van der Waals surface area contributed by atoms with E-state index in [4.69, 9.17) is 5.11 Å². The Morgan fingerprint density at radius 1 is 1.64 bits per heavy atom. The van der Waals surface area contributed by atoms with Crippen LogP contribution in [0.5, 0.6) is 0 Å². The number of pyridine rings is 1. The lowest BCUT2D eigenvalue weighted by Crippen LogP contribution is -2.10. The Labute approximate surface area is 83.8 Å². The molecule has 0 aliphatic carbocycles. The zero-order chi connectivity index (χ0) is 10.6. The van der Waals surface area contributed by atoms with E-state index in [1.807, 2.05) is 19.2 Å². The highest BCUT2D eigenvalue weighted by Crippen LogP contribution is 2.12.